The molecule has 0 aromatic heterocycles. The quantitative estimate of drug-likeness (QED) is 0.602. The maximum atomic E-state index is 12.3. The Morgan fingerprint density at radius 2 is 2.05 bits per heavy atom. The highest BCUT2D eigenvalue weighted by Gasteiger charge is 2.48. The van der Waals surface area contributed by atoms with Crippen molar-refractivity contribution < 1.29 is 30.6 Å². The van der Waals surface area contributed by atoms with E-state index in [2.05, 4.69) is 4.18 Å². The Balaban J connectivity index is 2.30. The van der Waals surface area contributed by atoms with Crippen LogP contribution >= 0.6 is 11.8 Å². The van der Waals surface area contributed by atoms with Gasteiger partial charge < -0.3 is 9.08 Å². The van der Waals surface area contributed by atoms with Crippen LogP contribution in [-0.2, 0) is 21.5 Å². The predicted octanol–water partition coefficient (Wildman–Crippen LogP) is 2.37. The number of hydrogen-bond acceptors (Lipinski definition) is 5. The molecule has 10 heteroatoms. The third-order valence-electron chi connectivity index (χ3n) is 2.95. The molecule has 0 N–H and O–H groups in total. The Hall–Kier alpha value is -1.42. The van der Waals surface area contributed by atoms with Gasteiger partial charge in [0.05, 0.1) is 0 Å². The first-order valence-corrected chi connectivity index (χ1v) is 8.51. The topological polar surface area (TPSA) is 63.7 Å². The summed E-state index contributed by atoms with van der Waals surface area (Å²) in [6, 6.07) is 3.87. The monoisotopic (exact) mass is 355 g/mol. The lowest BCUT2D eigenvalue weighted by Gasteiger charge is -2.18. The van der Waals surface area contributed by atoms with Crippen LogP contribution in [0.3, 0.4) is 0 Å². The van der Waals surface area contributed by atoms with Crippen molar-refractivity contribution in [3.8, 4) is 5.75 Å². The van der Waals surface area contributed by atoms with Crippen molar-refractivity contribution in [3.05, 3.63) is 23.8 Å². The molecule has 0 saturated heterocycles. The first-order chi connectivity index (χ1) is 10.1. The van der Waals surface area contributed by atoms with Gasteiger partial charge in [-0.15, -0.1) is 11.8 Å². The number of rotatable bonds is 2. The molecule has 2 rings (SSSR count). The second kappa shape index (κ2) is 5.99. The van der Waals surface area contributed by atoms with E-state index in [9.17, 15) is 26.4 Å². The van der Waals surface area contributed by atoms with Gasteiger partial charge in [0.25, 0.3) is 0 Å². The number of alkyl halides is 3. The fraction of sp³-hybridized carbons (Fsp3) is 0.417. The Bertz CT molecular complexity index is 688. The summed E-state index contributed by atoms with van der Waals surface area (Å²) in [6.07, 6.45) is 0. The molecule has 0 unspecified atom stereocenters. The molecule has 122 valence electrons. The maximum absolute atomic E-state index is 12.3. The number of hydrogen-bond donors (Lipinski definition) is 0. The third kappa shape index (κ3) is 3.67. The molecular formula is C12H12F3NO4S2. The fourth-order valence-corrected chi connectivity index (χ4v) is 3.32. The van der Waals surface area contributed by atoms with E-state index < -0.39 is 21.4 Å². The Morgan fingerprint density at radius 3 is 2.64 bits per heavy atom. The van der Waals surface area contributed by atoms with Crippen LogP contribution in [0.2, 0.25) is 0 Å². The van der Waals surface area contributed by atoms with E-state index in [1.54, 1.807) is 0 Å². The van der Waals surface area contributed by atoms with E-state index in [4.69, 9.17) is 0 Å². The van der Waals surface area contributed by atoms with Gasteiger partial charge in [-0.2, -0.15) is 21.6 Å². The molecule has 1 aliphatic rings. The van der Waals surface area contributed by atoms with Crippen LogP contribution in [0.5, 0.6) is 5.75 Å². The lowest BCUT2D eigenvalue weighted by atomic mass is 10.2. The summed E-state index contributed by atoms with van der Waals surface area (Å²) in [5, 5.41) is 0. The summed E-state index contributed by atoms with van der Waals surface area (Å²) in [5.41, 5.74) is -4.94. The predicted molar refractivity (Wildman–Crippen MR) is 73.9 cm³/mol. The fourth-order valence-electron chi connectivity index (χ4n) is 1.87. The van der Waals surface area contributed by atoms with Gasteiger partial charge >= 0.3 is 15.6 Å². The van der Waals surface area contributed by atoms with E-state index in [0.717, 1.165) is 4.90 Å². The van der Waals surface area contributed by atoms with E-state index in [0.29, 0.717) is 17.9 Å². The average molecular weight is 355 g/mol. The molecule has 1 heterocycles. The molecule has 1 aromatic carbocycles. The van der Waals surface area contributed by atoms with Crippen molar-refractivity contribution in [3.63, 3.8) is 0 Å². The highest BCUT2D eigenvalue weighted by atomic mass is 32.2. The Morgan fingerprint density at radius 1 is 1.36 bits per heavy atom. The van der Waals surface area contributed by atoms with Crippen molar-refractivity contribution in [1.82, 2.24) is 4.90 Å². The number of fused-ring (bicyclic) bond motifs is 1. The normalized spacial score (nSPS) is 15.9. The minimum absolute atomic E-state index is 0.164. The van der Waals surface area contributed by atoms with Crippen molar-refractivity contribution >= 4 is 27.8 Å². The molecule has 0 fully saturated rings. The zero-order valence-corrected chi connectivity index (χ0v) is 13.0. The number of carbonyl (C=O) groups excluding carboxylic acids is 1. The molecule has 0 atom stereocenters. The van der Waals surface area contributed by atoms with E-state index in [1.165, 1.54) is 41.8 Å². The lowest BCUT2D eigenvalue weighted by molar-refractivity contribution is -0.129. The molecule has 22 heavy (non-hydrogen) atoms. The van der Waals surface area contributed by atoms with Gasteiger partial charge in [-0.1, -0.05) is 0 Å². The van der Waals surface area contributed by atoms with Crippen LogP contribution in [0.4, 0.5) is 13.2 Å². The molecule has 0 spiro atoms. The SMILES string of the molecule is CC(=O)N1CCSc2ccc(OS(=O)(=O)C(F)(F)F)cc2C1. The first kappa shape index (κ1) is 16.9. The van der Waals surface area contributed by atoms with E-state index in [-0.39, 0.29) is 12.5 Å². The minimum Gasteiger partial charge on any atom is -0.376 e. The van der Waals surface area contributed by atoms with Gasteiger partial charge in [-0.3, -0.25) is 4.79 Å². The van der Waals surface area contributed by atoms with Crippen molar-refractivity contribution in [2.45, 2.75) is 23.9 Å². The molecule has 5 nitrogen and oxygen atoms in total. The minimum atomic E-state index is -5.70. The summed E-state index contributed by atoms with van der Waals surface area (Å²) < 4.78 is 63.1. The molecule has 0 bridgehead atoms. The second-order valence-electron chi connectivity index (χ2n) is 4.54. The summed E-state index contributed by atoms with van der Waals surface area (Å²) >= 11 is 1.44. The smallest absolute Gasteiger partial charge is 0.376 e. The number of benzene rings is 1. The number of nitrogens with zero attached hydrogens (tertiary/aromatic N) is 1. The molecular weight excluding hydrogens is 343 g/mol. The molecule has 1 aromatic rings. The maximum Gasteiger partial charge on any atom is 0.534 e. The second-order valence-corrected chi connectivity index (χ2v) is 7.22. The highest BCUT2D eigenvalue weighted by Crippen LogP contribution is 2.33. The first-order valence-electron chi connectivity index (χ1n) is 6.12. The van der Waals surface area contributed by atoms with Gasteiger partial charge in [-0.05, 0) is 23.8 Å². The zero-order valence-electron chi connectivity index (χ0n) is 11.4. The van der Waals surface area contributed by atoms with Crippen LogP contribution in [-0.4, -0.2) is 37.0 Å². The molecule has 1 amide bonds. The molecule has 0 saturated carbocycles. The summed E-state index contributed by atoms with van der Waals surface area (Å²) in [4.78, 5) is 13.8. The van der Waals surface area contributed by atoms with Gasteiger partial charge in [0.15, 0.2) is 0 Å². The van der Waals surface area contributed by atoms with Gasteiger partial charge in [-0.25, -0.2) is 0 Å². The summed E-state index contributed by atoms with van der Waals surface area (Å²) in [7, 11) is -5.70. The van der Waals surface area contributed by atoms with Gasteiger partial charge in [0.2, 0.25) is 5.91 Å². The highest BCUT2D eigenvalue weighted by molar-refractivity contribution is 7.99. The van der Waals surface area contributed by atoms with E-state index >= 15 is 0 Å². The van der Waals surface area contributed by atoms with Crippen LogP contribution in [0.15, 0.2) is 23.1 Å². The van der Waals surface area contributed by atoms with Crippen LogP contribution in [0.25, 0.3) is 0 Å². The van der Waals surface area contributed by atoms with Crippen molar-refractivity contribution in [2.24, 2.45) is 0 Å². The van der Waals surface area contributed by atoms with Crippen LogP contribution < -0.4 is 4.18 Å². The van der Waals surface area contributed by atoms with Crippen LogP contribution in [0.1, 0.15) is 12.5 Å². The molecule has 0 radical (unpaired) electrons. The summed E-state index contributed by atoms with van der Waals surface area (Å²) in [5.74, 6) is 0.0536. The largest absolute Gasteiger partial charge is 0.534 e. The Labute approximate surface area is 129 Å². The van der Waals surface area contributed by atoms with Gasteiger partial charge in [0, 0.05) is 30.7 Å². The number of thioether (sulfide) groups is 1. The molecule has 0 aliphatic carbocycles. The number of halogens is 3. The van der Waals surface area contributed by atoms with E-state index in [1.807, 2.05) is 0 Å². The zero-order chi connectivity index (χ0) is 16.5. The standard InChI is InChI=1S/C12H12F3NO4S2/c1-8(17)16-4-5-21-11-3-2-10(6-9(11)7-16)20-22(18,19)12(13,14)15/h2-3,6H,4-5,7H2,1H3. The number of carbonyl (C=O) groups is 1. The average Bonchev–Trinajstić information content (AvgIpc) is 2.58. The Kier molecular flexibility index (Phi) is 4.62. The number of amides is 1. The lowest BCUT2D eigenvalue weighted by Crippen LogP contribution is -2.29. The van der Waals surface area contributed by atoms with Crippen LogP contribution in [0, 0.1) is 0 Å². The van der Waals surface area contributed by atoms with Crippen molar-refractivity contribution in [2.75, 3.05) is 12.3 Å². The summed E-state index contributed by atoms with van der Waals surface area (Å²) in [6.45, 7) is 2.09. The molecule has 1 aliphatic heterocycles. The van der Waals surface area contributed by atoms with Gasteiger partial charge in [0.1, 0.15) is 5.75 Å². The van der Waals surface area contributed by atoms with Crippen molar-refractivity contribution in [1.29, 1.82) is 0 Å². The third-order valence-corrected chi connectivity index (χ3v) is 5.02.